The Kier molecular flexibility index (Phi) is 4.10. The molecule has 0 saturated carbocycles. The lowest BCUT2D eigenvalue weighted by atomic mass is 9.78. The lowest BCUT2D eigenvalue weighted by Crippen LogP contribution is -2.67. The summed E-state index contributed by atoms with van der Waals surface area (Å²) in [6.07, 6.45) is 1.42. The third kappa shape index (κ3) is 2.56. The first kappa shape index (κ1) is 15.9. The lowest BCUT2D eigenvalue weighted by Gasteiger charge is -2.42. The predicted molar refractivity (Wildman–Crippen MR) is 75.1 cm³/mol. The number of rotatable bonds is 3. The van der Waals surface area contributed by atoms with Crippen LogP contribution in [0.1, 0.15) is 39.5 Å². The number of barbiturate groups is 1. The number of carbonyl (C=O) groups is 3. The predicted octanol–water partition coefficient (Wildman–Crippen LogP) is 0.448. The number of urea groups is 1. The minimum atomic E-state index is -3.25. The fourth-order valence-corrected chi connectivity index (χ4v) is 4.78. The highest BCUT2D eigenvalue weighted by molar-refractivity contribution is 7.91. The quantitative estimate of drug-likeness (QED) is 0.762. The van der Waals surface area contributed by atoms with Crippen molar-refractivity contribution in [2.24, 2.45) is 5.41 Å². The van der Waals surface area contributed by atoms with Crippen molar-refractivity contribution in [1.82, 2.24) is 10.2 Å². The van der Waals surface area contributed by atoms with Crippen LogP contribution in [0.3, 0.4) is 0 Å². The van der Waals surface area contributed by atoms with Crippen molar-refractivity contribution in [3.8, 4) is 0 Å². The van der Waals surface area contributed by atoms with Crippen molar-refractivity contribution < 1.29 is 22.8 Å². The summed E-state index contributed by atoms with van der Waals surface area (Å²) in [6, 6.07) is -1.48. The van der Waals surface area contributed by atoms with Gasteiger partial charge in [-0.1, -0.05) is 13.8 Å². The minimum absolute atomic E-state index is 0.0821. The molecule has 2 fully saturated rings. The summed E-state index contributed by atoms with van der Waals surface area (Å²) < 4.78 is 23.5. The maximum Gasteiger partial charge on any atom is 0.331 e. The molecule has 2 heterocycles. The van der Waals surface area contributed by atoms with E-state index in [9.17, 15) is 22.8 Å². The Balaban J connectivity index is 2.36. The van der Waals surface area contributed by atoms with Gasteiger partial charge in [0.1, 0.15) is 5.41 Å². The Morgan fingerprint density at radius 3 is 2.38 bits per heavy atom. The average molecular weight is 316 g/mol. The Morgan fingerprint density at radius 1 is 1.24 bits per heavy atom. The number of carbonyl (C=O) groups excluding carboxylic acids is 3. The molecule has 0 radical (unpaired) electrons. The second kappa shape index (κ2) is 5.40. The van der Waals surface area contributed by atoms with Crippen molar-refractivity contribution in [3.63, 3.8) is 0 Å². The van der Waals surface area contributed by atoms with Crippen LogP contribution in [0.4, 0.5) is 4.79 Å². The summed E-state index contributed by atoms with van der Waals surface area (Å²) in [5.74, 6) is -1.29. The van der Waals surface area contributed by atoms with Crippen LogP contribution in [-0.2, 0) is 19.4 Å². The highest BCUT2D eigenvalue weighted by Crippen LogP contribution is 2.34. The number of hydrogen-bond donors (Lipinski definition) is 1. The molecule has 8 heteroatoms. The molecule has 0 aromatic carbocycles. The Morgan fingerprint density at radius 2 is 1.86 bits per heavy atom. The molecule has 1 atom stereocenters. The van der Waals surface area contributed by atoms with E-state index in [1.54, 1.807) is 13.8 Å². The fraction of sp³-hybridized carbons (Fsp3) is 0.769. The van der Waals surface area contributed by atoms with Crippen LogP contribution in [0.15, 0.2) is 0 Å². The van der Waals surface area contributed by atoms with Gasteiger partial charge in [-0.3, -0.25) is 19.8 Å². The van der Waals surface area contributed by atoms with Gasteiger partial charge in [-0.05, 0) is 25.7 Å². The van der Waals surface area contributed by atoms with Gasteiger partial charge in [-0.25, -0.2) is 13.2 Å². The molecule has 0 bridgehead atoms. The Bertz CT molecular complexity index is 579. The van der Waals surface area contributed by atoms with Crippen LogP contribution in [-0.4, -0.2) is 48.7 Å². The van der Waals surface area contributed by atoms with Gasteiger partial charge in [0.25, 0.3) is 0 Å². The maximum absolute atomic E-state index is 12.7. The molecular weight excluding hydrogens is 296 g/mol. The van der Waals surface area contributed by atoms with Crippen LogP contribution >= 0.6 is 0 Å². The topological polar surface area (TPSA) is 101 Å². The number of nitrogens with zero attached hydrogens (tertiary/aromatic N) is 1. The molecular formula is C13H20N2O5S. The van der Waals surface area contributed by atoms with E-state index in [0.29, 0.717) is 12.8 Å². The molecule has 2 rings (SSSR count). The summed E-state index contributed by atoms with van der Waals surface area (Å²) in [5, 5.41) is 2.21. The van der Waals surface area contributed by atoms with Gasteiger partial charge in [0, 0.05) is 0 Å². The Labute approximate surface area is 124 Å². The highest BCUT2D eigenvalue weighted by Gasteiger charge is 2.53. The van der Waals surface area contributed by atoms with Crippen molar-refractivity contribution in [2.75, 3.05) is 11.5 Å². The number of imide groups is 2. The average Bonchev–Trinajstić information content (AvgIpc) is 2.38. The summed E-state index contributed by atoms with van der Waals surface area (Å²) in [4.78, 5) is 37.7. The van der Waals surface area contributed by atoms with Crippen LogP contribution in [0, 0.1) is 5.41 Å². The van der Waals surface area contributed by atoms with Crippen LogP contribution < -0.4 is 5.32 Å². The number of hydrogen-bond acceptors (Lipinski definition) is 5. The molecule has 1 N–H and O–H groups in total. The van der Waals surface area contributed by atoms with E-state index in [4.69, 9.17) is 0 Å². The second-order valence-electron chi connectivity index (χ2n) is 5.63. The van der Waals surface area contributed by atoms with Crippen molar-refractivity contribution in [1.29, 1.82) is 0 Å². The van der Waals surface area contributed by atoms with Crippen molar-refractivity contribution >= 4 is 27.7 Å². The second-order valence-corrected chi connectivity index (χ2v) is 7.86. The van der Waals surface area contributed by atoms with Gasteiger partial charge in [0.05, 0.1) is 17.5 Å². The molecule has 2 aliphatic heterocycles. The van der Waals surface area contributed by atoms with Crippen LogP contribution in [0.25, 0.3) is 0 Å². The van der Waals surface area contributed by atoms with E-state index in [2.05, 4.69) is 5.32 Å². The zero-order chi connectivity index (χ0) is 15.8. The minimum Gasteiger partial charge on any atom is -0.277 e. The first-order chi connectivity index (χ1) is 9.77. The lowest BCUT2D eigenvalue weighted by molar-refractivity contribution is -0.153. The van der Waals surface area contributed by atoms with Crippen LogP contribution in [0.2, 0.25) is 0 Å². The zero-order valence-corrected chi connectivity index (χ0v) is 13.0. The van der Waals surface area contributed by atoms with Crippen LogP contribution in [0.5, 0.6) is 0 Å². The number of nitrogens with one attached hydrogen (secondary N) is 1. The SMILES string of the molecule is CCC1(CC)C(=O)NC(=O)N(C2CCCS(=O)(=O)C2)C1=O. The van der Waals surface area contributed by atoms with Gasteiger partial charge < -0.3 is 0 Å². The largest absolute Gasteiger partial charge is 0.331 e. The molecule has 7 nitrogen and oxygen atoms in total. The molecule has 2 aliphatic rings. The van der Waals surface area contributed by atoms with E-state index >= 15 is 0 Å². The molecule has 118 valence electrons. The molecule has 0 aromatic rings. The van der Waals surface area contributed by atoms with E-state index in [1.807, 2.05) is 0 Å². The normalized spacial score (nSPS) is 28.4. The first-order valence-electron chi connectivity index (χ1n) is 7.17. The molecule has 1 unspecified atom stereocenters. The third-order valence-corrected chi connectivity index (χ3v) is 6.32. The van der Waals surface area contributed by atoms with E-state index in [0.717, 1.165) is 4.90 Å². The molecule has 21 heavy (non-hydrogen) atoms. The summed E-state index contributed by atoms with van der Waals surface area (Å²) in [6.45, 7) is 3.43. The zero-order valence-electron chi connectivity index (χ0n) is 12.2. The maximum atomic E-state index is 12.7. The van der Waals surface area contributed by atoms with Crippen molar-refractivity contribution in [2.45, 2.75) is 45.6 Å². The molecule has 0 aliphatic carbocycles. The summed E-state index contributed by atoms with van der Waals surface area (Å²) >= 11 is 0. The van der Waals surface area contributed by atoms with Gasteiger partial charge in [-0.15, -0.1) is 0 Å². The molecule has 4 amide bonds. The fourth-order valence-electron chi connectivity index (χ4n) is 3.10. The standard InChI is InChI=1S/C13H20N2O5S/c1-3-13(4-2)10(16)14-12(18)15(11(13)17)9-6-5-7-21(19,20)8-9/h9H,3-8H2,1-2H3,(H,14,16,18). The van der Waals surface area contributed by atoms with E-state index in [1.165, 1.54) is 0 Å². The van der Waals surface area contributed by atoms with E-state index in [-0.39, 0.29) is 24.3 Å². The summed E-state index contributed by atoms with van der Waals surface area (Å²) in [5.41, 5.74) is -1.27. The van der Waals surface area contributed by atoms with E-state index < -0.39 is 39.1 Å². The van der Waals surface area contributed by atoms with Crippen molar-refractivity contribution in [3.05, 3.63) is 0 Å². The highest BCUT2D eigenvalue weighted by atomic mass is 32.2. The van der Waals surface area contributed by atoms with Gasteiger partial charge in [0.2, 0.25) is 11.8 Å². The first-order valence-corrected chi connectivity index (χ1v) is 8.99. The molecule has 2 saturated heterocycles. The number of amides is 4. The van der Waals surface area contributed by atoms with Gasteiger partial charge in [0.15, 0.2) is 9.84 Å². The third-order valence-electron chi connectivity index (χ3n) is 4.51. The Hall–Kier alpha value is -1.44. The molecule has 0 spiro atoms. The van der Waals surface area contributed by atoms with Gasteiger partial charge >= 0.3 is 6.03 Å². The summed E-state index contributed by atoms with van der Waals surface area (Å²) in [7, 11) is -3.25. The smallest absolute Gasteiger partial charge is 0.277 e. The number of sulfone groups is 1. The molecule has 0 aromatic heterocycles. The monoisotopic (exact) mass is 316 g/mol. The van der Waals surface area contributed by atoms with Gasteiger partial charge in [-0.2, -0.15) is 0 Å².